The first-order chi connectivity index (χ1) is 4.34. The van der Waals surface area contributed by atoms with Crippen LogP contribution < -0.4 is 70.2 Å². The Morgan fingerprint density at radius 1 is 1.27 bits per heavy atom. The van der Waals surface area contributed by atoms with Crippen molar-refractivity contribution in [1.82, 2.24) is 0 Å². The minimum absolute atomic E-state index is 0. The molecule has 0 bridgehead atoms. The van der Waals surface area contributed by atoms with Crippen LogP contribution in [0.15, 0.2) is 24.3 Å². The van der Waals surface area contributed by atoms with E-state index in [0.717, 1.165) is 0 Å². The molecule has 1 aromatic carbocycles. The van der Waals surface area contributed by atoms with Gasteiger partial charge in [-0.1, -0.05) is 24.3 Å². The number of hydrogen-bond donors (Lipinski definition) is 1. The molecule has 0 fully saturated rings. The topological polar surface area (TPSA) is 26.0 Å². The van der Waals surface area contributed by atoms with E-state index in [9.17, 15) is 0 Å². The molecule has 2 N–H and O–H groups in total. The summed E-state index contributed by atoms with van der Waals surface area (Å²) in [6, 6.07) is 8.06. The summed E-state index contributed by atoms with van der Waals surface area (Å²) in [4.78, 5) is 0. The molecule has 0 radical (unpaired) electrons. The Hall–Kier alpha value is 1.61. The fourth-order valence-corrected chi connectivity index (χ4v) is 1.05. The molecule has 1 unspecified atom stereocenters. The SMILES string of the molecule is NCc1ccccc1P.[H-].[H-].[Na+].[Na+]. The van der Waals surface area contributed by atoms with Crippen LogP contribution >= 0.6 is 9.24 Å². The van der Waals surface area contributed by atoms with Crippen molar-refractivity contribution in [1.29, 1.82) is 0 Å². The monoisotopic (exact) mass is 187 g/mol. The van der Waals surface area contributed by atoms with E-state index in [2.05, 4.69) is 9.24 Å². The first-order valence-electron chi connectivity index (χ1n) is 2.88. The Morgan fingerprint density at radius 2 is 1.82 bits per heavy atom. The molecule has 0 saturated heterocycles. The Balaban J connectivity index is -0.000000101. The van der Waals surface area contributed by atoms with Gasteiger partial charge in [-0.05, 0) is 10.9 Å². The fourth-order valence-electron chi connectivity index (χ4n) is 0.720. The van der Waals surface area contributed by atoms with Gasteiger partial charge in [0.1, 0.15) is 0 Å². The van der Waals surface area contributed by atoms with Crippen molar-refractivity contribution in [3.8, 4) is 0 Å². The number of rotatable bonds is 1. The summed E-state index contributed by atoms with van der Waals surface area (Å²) < 4.78 is 0. The Bertz CT molecular complexity index is 213. The van der Waals surface area contributed by atoms with E-state index in [0.29, 0.717) is 6.54 Å². The van der Waals surface area contributed by atoms with Gasteiger partial charge in [-0.3, -0.25) is 0 Å². The number of hydrogen-bond acceptors (Lipinski definition) is 1. The molecule has 1 rings (SSSR count). The summed E-state index contributed by atoms with van der Waals surface area (Å²) >= 11 is 0. The molecule has 0 aliphatic rings. The minimum atomic E-state index is 0. The number of nitrogens with two attached hydrogens (primary N) is 1. The van der Waals surface area contributed by atoms with E-state index < -0.39 is 0 Å². The van der Waals surface area contributed by atoms with Crippen molar-refractivity contribution < 1.29 is 62.0 Å². The van der Waals surface area contributed by atoms with Crippen molar-refractivity contribution in [2.75, 3.05) is 0 Å². The molecule has 1 atom stereocenters. The van der Waals surface area contributed by atoms with Crippen LogP contribution in [0.5, 0.6) is 0 Å². The fraction of sp³-hybridized carbons (Fsp3) is 0.143. The van der Waals surface area contributed by atoms with E-state index in [1.165, 1.54) is 10.9 Å². The maximum Gasteiger partial charge on any atom is 1.00 e. The summed E-state index contributed by atoms with van der Waals surface area (Å²) in [6.45, 7) is 0.625. The molecule has 0 heterocycles. The van der Waals surface area contributed by atoms with E-state index in [4.69, 9.17) is 5.73 Å². The Morgan fingerprint density at radius 3 is 2.18 bits per heavy atom. The van der Waals surface area contributed by atoms with Gasteiger partial charge in [0, 0.05) is 6.54 Å². The van der Waals surface area contributed by atoms with Crippen LogP contribution in [-0.2, 0) is 6.54 Å². The largest absolute Gasteiger partial charge is 1.00 e. The van der Waals surface area contributed by atoms with Crippen molar-refractivity contribution in [2.45, 2.75) is 6.54 Å². The quantitative estimate of drug-likeness (QED) is 0.345. The molecule has 0 aromatic heterocycles. The van der Waals surface area contributed by atoms with Crippen LogP contribution in [-0.4, -0.2) is 0 Å². The normalized spacial score (nSPS) is 7.82. The zero-order valence-corrected chi connectivity index (χ0v) is 12.3. The minimum Gasteiger partial charge on any atom is -1.00 e. The van der Waals surface area contributed by atoms with E-state index >= 15 is 0 Å². The maximum absolute atomic E-state index is 5.44. The molecule has 11 heavy (non-hydrogen) atoms. The Labute approximate surface area is 117 Å². The first kappa shape index (κ1) is 15.1. The molecule has 0 saturated carbocycles. The predicted molar refractivity (Wildman–Crippen MR) is 45.9 cm³/mol. The van der Waals surface area contributed by atoms with Crippen LogP contribution in [0.25, 0.3) is 0 Å². The molecular formula is C7H12NNa2P. The molecule has 1 nitrogen and oxygen atoms in total. The van der Waals surface area contributed by atoms with E-state index in [1.54, 1.807) is 0 Å². The van der Waals surface area contributed by atoms with Crippen LogP contribution in [0.3, 0.4) is 0 Å². The van der Waals surface area contributed by atoms with Crippen LogP contribution in [0.4, 0.5) is 0 Å². The second-order valence-corrected chi connectivity index (χ2v) is 2.52. The van der Waals surface area contributed by atoms with Gasteiger partial charge >= 0.3 is 59.1 Å². The van der Waals surface area contributed by atoms with Gasteiger partial charge < -0.3 is 8.59 Å². The van der Waals surface area contributed by atoms with Crippen LogP contribution in [0.2, 0.25) is 0 Å². The molecule has 52 valence electrons. The predicted octanol–water partition coefficient (Wildman–Crippen LogP) is -5.12. The van der Waals surface area contributed by atoms with Crippen molar-refractivity contribution >= 4 is 14.5 Å². The second-order valence-electron chi connectivity index (χ2n) is 1.90. The van der Waals surface area contributed by atoms with Gasteiger partial charge in [0.25, 0.3) is 0 Å². The van der Waals surface area contributed by atoms with Crippen molar-refractivity contribution in [3.05, 3.63) is 29.8 Å². The van der Waals surface area contributed by atoms with Gasteiger partial charge in [0.15, 0.2) is 0 Å². The summed E-state index contributed by atoms with van der Waals surface area (Å²) in [6.07, 6.45) is 0. The standard InChI is InChI=1S/C7H10NP.2Na.2H/c8-5-6-3-1-2-4-7(6)9;;;;/h1-4H,5,8-9H2;;;;/q;2*+1;2*-1. The third-order valence-electron chi connectivity index (χ3n) is 1.28. The molecule has 4 heteroatoms. The van der Waals surface area contributed by atoms with Crippen LogP contribution in [0.1, 0.15) is 8.42 Å². The zero-order valence-electron chi connectivity index (χ0n) is 9.17. The van der Waals surface area contributed by atoms with Crippen molar-refractivity contribution in [3.63, 3.8) is 0 Å². The van der Waals surface area contributed by atoms with Gasteiger partial charge in [-0.2, -0.15) is 0 Å². The molecular weight excluding hydrogens is 175 g/mol. The third kappa shape index (κ3) is 5.02. The summed E-state index contributed by atoms with van der Waals surface area (Å²) in [7, 11) is 2.65. The third-order valence-corrected chi connectivity index (χ3v) is 1.84. The average Bonchev–Trinajstić information content (AvgIpc) is 1.89. The van der Waals surface area contributed by atoms with Crippen molar-refractivity contribution in [2.24, 2.45) is 5.73 Å². The maximum atomic E-state index is 5.44. The summed E-state index contributed by atoms with van der Waals surface area (Å²) in [5.74, 6) is 0. The molecule has 1 aromatic rings. The van der Waals surface area contributed by atoms with Gasteiger partial charge in [0.05, 0.1) is 0 Å². The van der Waals surface area contributed by atoms with E-state index in [-0.39, 0.29) is 62.0 Å². The molecule has 0 aliphatic carbocycles. The van der Waals surface area contributed by atoms with Gasteiger partial charge in [0.2, 0.25) is 0 Å². The molecule has 0 amide bonds. The summed E-state index contributed by atoms with van der Waals surface area (Å²) in [5.41, 5.74) is 6.63. The number of benzene rings is 1. The summed E-state index contributed by atoms with van der Waals surface area (Å²) in [5, 5.41) is 1.19. The smallest absolute Gasteiger partial charge is 1.00 e. The molecule has 0 aliphatic heterocycles. The first-order valence-corrected chi connectivity index (χ1v) is 3.46. The Kier molecular flexibility index (Phi) is 11.3. The second kappa shape index (κ2) is 8.22. The molecule has 0 spiro atoms. The average molecular weight is 187 g/mol. The zero-order chi connectivity index (χ0) is 6.69. The van der Waals surface area contributed by atoms with Crippen LogP contribution in [0, 0.1) is 0 Å². The van der Waals surface area contributed by atoms with Gasteiger partial charge in [-0.15, -0.1) is 9.24 Å². The van der Waals surface area contributed by atoms with Gasteiger partial charge in [-0.25, -0.2) is 0 Å². The van der Waals surface area contributed by atoms with E-state index in [1.807, 2.05) is 24.3 Å².